The number of fused-ring (bicyclic) bond motifs is 1. The fourth-order valence-electron chi connectivity index (χ4n) is 3.46. The summed E-state index contributed by atoms with van der Waals surface area (Å²) in [6, 6.07) is 9.08. The number of carbonyl (C=O) groups excluding carboxylic acids is 1. The molecule has 0 saturated carbocycles. The van der Waals surface area contributed by atoms with Crippen LogP contribution in [0.4, 0.5) is 10.7 Å². The van der Waals surface area contributed by atoms with Crippen molar-refractivity contribution in [2.75, 3.05) is 19.4 Å². The van der Waals surface area contributed by atoms with Crippen LogP contribution in [-0.2, 0) is 19.5 Å². The van der Waals surface area contributed by atoms with Gasteiger partial charge in [0.2, 0.25) is 5.95 Å². The average molecular weight is 504 g/mol. The Balaban J connectivity index is 1.53. The maximum atomic E-state index is 12.7. The van der Waals surface area contributed by atoms with Crippen LogP contribution in [0.25, 0.3) is 11.3 Å². The highest BCUT2D eigenvalue weighted by Gasteiger charge is 2.29. The molecule has 2 aromatic heterocycles. The molecular weight excluding hydrogens is 484 g/mol. The highest BCUT2D eigenvalue weighted by atomic mass is 79.9. The van der Waals surface area contributed by atoms with Gasteiger partial charge in [-0.1, -0.05) is 17.7 Å². The van der Waals surface area contributed by atoms with Crippen LogP contribution in [0.5, 0.6) is 5.75 Å². The van der Waals surface area contributed by atoms with Crippen molar-refractivity contribution in [3.63, 3.8) is 0 Å². The average Bonchev–Trinajstić information content (AvgIpc) is 3.18. The molecule has 0 unspecified atom stereocenters. The first-order valence-electron chi connectivity index (χ1n) is 9.57. The Morgan fingerprint density at radius 1 is 1.32 bits per heavy atom. The number of amides is 2. The van der Waals surface area contributed by atoms with Crippen molar-refractivity contribution in [1.29, 1.82) is 0 Å². The second kappa shape index (κ2) is 9.07. The Labute approximate surface area is 192 Å². The Hall–Kier alpha value is -2.91. The van der Waals surface area contributed by atoms with Crippen LogP contribution in [0.15, 0.2) is 41.0 Å². The van der Waals surface area contributed by atoms with Crippen LogP contribution in [0.3, 0.4) is 0 Å². The number of nitrogen functional groups attached to an aromatic ring is 1. The summed E-state index contributed by atoms with van der Waals surface area (Å²) in [5.41, 5.74) is 9.68. The number of benzene rings is 1. The summed E-state index contributed by atoms with van der Waals surface area (Å²) < 4.78 is 6.12. The molecule has 3 heterocycles. The number of halogens is 2. The topological polar surface area (TPSA) is 106 Å². The van der Waals surface area contributed by atoms with Gasteiger partial charge in [-0.25, -0.2) is 14.8 Å². The minimum atomic E-state index is -0.182. The van der Waals surface area contributed by atoms with E-state index >= 15 is 0 Å². The van der Waals surface area contributed by atoms with Crippen molar-refractivity contribution in [2.45, 2.75) is 19.5 Å². The summed E-state index contributed by atoms with van der Waals surface area (Å²) in [6.07, 6.45) is 2.39. The lowest BCUT2D eigenvalue weighted by atomic mass is 10.1. The third-order valence-electron chi connectivity index (χ3n) is 4.97. The largest absolute Gasteiger partial charge is 0.496 e. The zero-order valence-corrected chi connectivity index (χ0v) is 19.1. The van der Waals surface area contributed by atoms with E-state index < -0.39 is 0 Å². The van der Waals surface area contributed by atoms with Crippen LogP contribution in [0, 0.1) is 0 Å². The number of methoxy groups -OCH3 is 1. The van der Waals surface area contributed by atoms with E-state index in [1.807, 2.05) is 18.2 Å². The summed E-state index contributed by atoms with van der Waals surface area (Å²) >= 11 is 9.91. The van der Waals surface area contributed by atoms with Gasteiger partial charge in [-0.15, -0.1) is 0 Å². The first-order chi connectivity index (χ1) is 15.0. The normalized spacial score (nSPS) is 12.5. The highest BCUT2D eigenvalue weighted by Crippen LogP contribution is 2.39. The van der Waals surface area contributed by atoms with Gasteiger partial charge in [0.15, 0.2) is 0 Å². The molecule has 8 nitrogen and oxygen atoms in total. The van der Waals surface area contributed by atoms with E-state index in [0.29, 0.717) is 53.8 Å². The van der Waals surface area contributed by atoms with Crippen LogP contribution in [0.1, 0.15) is 17.0 Å². The molecule has 0 radical (unpaired) electrons. The number of nitrogens with one attached hydrogen (secondary N) is 1. The van der Waals surface area contributed by atoms with Crippen molar-refractivity contribution in [1.82, 2.24) is 25.2 Å². The third-order valence-corrected chi connectivity index (χ3v) is 5.90. The first-order valence-corrected chi connectivity index (χ1v) is 10.7. The van der Waals surface area contributed by atoms with Gasteiger partial charge >= 0.3 is 6.03 Å². The fraction of sp³-hybridized carbons (Fsp3) is 0.238. The fourth-order valence-corrected chi connectivity index (χ4v) is 4.35. The molecule has 160 valence electrons. The number of hydrogen-bond donors (Lipinski definition) is 2. The van der Waals surface area contributed by atoms with E-state index in [2.05, 4.69) is 36.2 Å². The van der Waals surface area contributed by atoms with E-state index in [0.717, 1.165) is 15.7 Å². The predicted octanol–water partition coefficient (Wildman–Crippen LogP) is 3.81. The number of aromatic nitrogens is 3. The number of nitrogens with zero attached hydrogens (tertiary/aromatic N) is 4. The number of nitrogens with two attached hydrogens (primary N) is 1. The lowest BCUT2D eigenvalue weighted by molar-refractivity contribution is 0.198. The standard InChI is InChI=1S/C21H20BrClN6O2/c1-31-18-8-13(16(23)9-15(18)22)19-14-10-29(11-17(14)27-20(24)28-19)21(30)26-7-5-12-4-2-3-6-25-12/h2-4,6,8-9H,5,7,10-11H2,1H3,(H,26,30)(H2,24,27,28). The lowest BCUT2D eigenvalue weighted by Crippen LogP contribution is -2.37. The zero-order valence-electron chi connectivity index (χ0n) is 16.7. The quantitative estimate of drug-likeness (QED) is 0.548. The highest BCUT2D eigenvalue weighted by molar-refractivity contribution is 9.10. The number of anilines is 1. The molecule has 31 heavy (non-hydrogen) atoms. The van der Waals surface area contributed by atoms with Crippen LogP contribution >= 0.6 is 27.5 Å². The minimum Gasteiger partial charge on any atom is -0.496 e. The van der Waals surface area contributed by atoms with Gasteiger partial charge in [-0.2, -0.15) is 0 Å². The van der Waals surface area contributed by atoms with Crippen molar-refractivity contribution < 1.29 is 9.53 Å². The molecule has 3 N–H and O–H groups in total. The summed E-state index contributed by atoms with van der Waals surface area (Å²) in [5, 5.41) is 3.43. The predicted molar refractivity (Wildman–Crippen MR) is 122 cm³/mol. The van der Waals surface area contributed by atoms with E-state index in [-0.39, 0.29) is 12.0 Å². The number of ether oxygens (including phenoxy) is 1. The molecule has 0 fully saturated rings. The summed E-state index contributed by atoms with van der Waals surface area (Å²) in [5.74, 6) is 0.747. The molecule has 0 atom stereocenters. The second-order valence-corrected chi connectivity index (χ2v) is 8.24. The Bertz CT molecular complexity index is 1130. The first kappa shape index (κ1) is 21.3. The lowest BCUT2D eigenvalue weighted by Gasteiger charge is -2.16. The third kappa shape index (κ3) is 4.57. The van der Waals surface area contributed by atoms with Crippen molar-refractivity contribution in [2.24, 2.45) is 0 Å². The van der Waals surface area contributed by atoms with Gasteiger partial charge in [0.1, 0.15) is 5.75 Å². The molecule has 2 amide bonds. The van der Waals surface area contributed by atoms with Crippen molar-refractivity contribution in [3.8, 4) is 17.0 Å². The molecule has 3 aromatic rings. The second-order valence-electron chi connectivity index (χ2n) is 6.98. The van der Waals surface area contributed by atoms with Crippen molar-refractivity contribution >= 4 is 39.5 Å². The van der Waals surface area contributed by atoms with E-state index in [9.17, 15) is 4.79 Å². The van der Waals surface area contributed by atoms with Gasteiger partial charge in [0.25, 0.3) is 0 Å². The molecule has 0 saturated heterocycles. The van der Waals surface area contributed by atoms with E-state index in [4.69, 9.17) is 22.1 Å². The summed E-state index contributed by atoms with van der Waals surface area (Å²) in [4.78, 5) is 27.4. The van der Waals surface area contributed by atoms with Crippen LogP contribution in [0.2, 0.25) is 5.02 Å². The molecule has 1 aromatic carbocycles. The summed E-state index contributed by atoms with van der Waals surface area (Å²) in [7, 11) is 1.58. The van der Waals surface area contributed by atoms with Crippen molar-refractivity contribution in [3.05, 3.63) is 63.0 Å². The van der Waals surface area contributed by atoms with E-state index in [1.54, 1.807) is 30.3 Å². The Morgan fingerprint density at radius 2 is 2.16 bits per heavy atom. The maximum Gasteiger partial charge on any atom is 0.318 e. The SMILES string of the molecule is COc1cc(-c2nc(N)nc3c2CN(C(=O)NCCc2ccccn2)C3)c(Cl)cc1Br. The molecular formula is C21H20BrClN6O2. The number of rotatable bonds is 5. The number of urea groups is 1. The maximum absolute atomic E-state index is 12.7. The molecule has 10 heteroatoms. The van der Waals surface area contributed by atoms with Gasteiger partial charge in [-0.05, 0) is 40.2 Å². The number of carbonyl (C=O) groups is 1. The molecule has 1 aliphatic rings. The summed E-state index contributed by atoms with van der Waals surface area (Å²) in [6.45, 7) is 1.18. The smallest absolute Gasteiger partial charge is 0.318 e. The van der Waals surface area contributed by atoms with E-state index in [1.165, 1.54) is 0 Å². The van der Waals surface area contributed by atoms with Crippen LogP contribution < -0.4 is 15.8 Å². The van der Waals surface area contributed by atoms with Gasteiger partial charge in [0, 0.05) is 36.0 Å². The number of pyridine rings is 1. The van der Waals surface area contributed by atoms with Gasteiger partial charge in [0.05, 0.1) is 41.1 Å². The molecule has 0 spiro atoms. The monoisotopic (exact) mass is 502 g/mol. The molecule has 0 aliphatic carbocycles. The van der Waals surface area contributed by atoms with Gasteiger partial charge < -0.3 is 20.7 Å². The zero-order chi connectivity index (χ0) is 22.0. The minimum absolute atomic E-state index is 0.129. The molecule has 0 bridgehead atoms. The Kier molecular flexibility index (Phi) is 6.24. The van der Waals surface area contributed by atoms with Crippen LogP contribution in [-0.4, -0.2) is 39.5 Å². The molecule has 4 rings (SSSR count). The Morgan fingerprint density at radius 3 is 2.90 bits per heavy atom. The number of hydrogen-bond acceptors (Lipinski definition) is 6. The van der Waals surface area contributed by atoms with Gasteiger partial charge in [-0.3, -0.25) is 4.98 Å². The molecule has 1 aliphatic heterocycles.